The monoisotopic (exact) mass is 504 g/mol. The Hall–Kier alpha value is -2.87. The Morgan fingerprint density at radius 2 is 1.62 bits per heavy atom. The molecule has 0 spiro atoms. The van der Waals surface area contributed by atoms with E-state index in [2.05, 4.69) is 20.2 Å². The van der Waals surface area contributed by atoms with E-state index in [1.807, 2.05) is 24.3 Å². The summed E-state index contributed by atoms with van der Waals surface area (Å²) in [5, 5.41) is 14.3. The Bertz CT molecular complexity index is 1130. The third-order valence-corrected chi connectivity index (χ3v) is 9.78. The summed E-state index contributed by atoms with van der Waals surface area (Å²) in [6.45, 7) is 0. The maximum Gasteiger partial charge on any atom is 0.318 e. The van der Waals surface area contributed by atoms with Crippen molar-refractivity contribution in [2.45, 2.75) is 87.6 Å². The van der Waals surface area contributed by atoms with Gasteiger partial charge in [0.1, 0.15) is 11.9 Å². The first-order valence-electron chi connectivity index (χ1n) is 13.9. The second-order valence-corrected chi connectivity index (χ2v) is 12.2. The highest BCUT2D eigenvalue weighted by Crippen LogP contribution is 2.55. The molecule has 6 aliphatic rings. The van der Waals surface area contributed by atoms with E-state index < -0.39 is 5.60 Å². The number of nitrogens with zero attached hydrogens (tertiary/aromatic N) is 3. The number of aliphatic hydroxyl groups is 1. The van der Waals surface area contributed by atoms with Crippen LogP contribution in [0.15, 0.2) is 36.7 Å². The number of amides is 2. The van der Waals surface area contributed by atoms with Crippen molar-refractivity contribution in [1.29, 1.82) is 0 Å². The first-order valence-corrected chi connectivity index (χ1v) is 13.9. The van der Waals surface area contributed by atoms with Gasteiger partial charge in [0.15, 0.2) is 0 Å². The van der Waals surface area contributed by atoms with Gasteiger partial charge < -0.3 is 24.8 Å². The second kappa shape index (κ2) is 8.86. The average Bonchev–Trinajstić information content (AvgIpc) is 3.16. The van der Waals surface area contributed by atoms with Crippen LogP contribution in [0.25, 0.3) is 11.1 Å². The number of aromatic nitrogens is 2. The van der Waals surface area contributed by atoms with Crippen molar-refractivity contribution in [1.82, 2.24) is 20.2 Å². The SMILES string of the molecule is COc1ccc(-c2cnc(OC3CC4CCC(C3)N4C(=O)NC3C4CC5CC3CC(O)(C5)C4)nc2)cc1. The van der Waals surface area contributed by atoms with Crippen LogP contribution in [0, 0.1) is 17.8 Å². The maximum absolute atomic E-state index is 13.5. The van der Waals surface area contributed by atoms with Crippen molar-refractivity contribution in [3.05, 3.63) is 36.7 Å². The molecule has 196 valence electrons. The molecular weight excluding hydrogens is 468 g/mol. The minimum absolute atomic E-state index is 0.0174. The minimum Gasteiger partial charge on any atom is -0.497 e. The zero-order chi connectivity index (χ0) is 25.1. The molecule has 8 heteroatoms. The number of carbonyl (C=O) groups excluding carboxylic acids is 1. The van der Waals surface area contributed by atoms with Crippen LogP contribution in [0.5, 0.6) is 11.8 Å². The number of ether oxygens (including phenoxy) is 2. The van der Waals surface area contributed by atoms with Crippen molar-refractivity contribution in [3.63, 3.8) is 0 Å². The van der Waals surface area contributed by atoms with Crippen LogP contribution in [0.3, 0.4) is 0 Å². The number of hydrogen-bond donors (Lipinski definition) is 2. The van der Waals surface area contributed by atoms with Gasteiger partial charge >= 0.3 is 12.0 Å². The largest absolute Gasteiger partial charge is 0.497 e. The van der Waals surface area contributed by atoms with Crippen LogP contribution >= 0.6 is 0 Å². The number of piperidine rings is 1. The number of benzene rings is 1. The molecule has 6 fully saturated rings. The predicted octanol–water partition coefficient (Wildman–Crippen LogP) is 4.18. The highest BCUT2D eigenvalue weighted by Gasteiger charge is 2.55. The van der Waals surface area contributed by atoms with E-state index in [1.165, 1.54) is 0 Å². The van der Waals surface area contributed by atoms with Crippen molar-refractivity contribution in [2.24, 2.45) is 17.8 Å². The maximum atomic E-state index is 13.5. The number of nitrogens with one attached hydrogen (secondary N) is 1. The third kappa shape index (κ3) is 4.23. The lowest BCUT2D eigenvalue weighted by Gasteiger charge is -2.58. The molecule has 6 bridgehead atoms. The normalized spacial score (nSPS) is 37.5. The van der Waals surface area contributed by atoms with Gasteiger partial charge in [-0.15, -0.1) is 0 Å². The van der Waals surface area contributed by atoms with Gasteiger partial charge in [0.05, 0.1) is 12.7 Å². The Labute approximate surface area is 217 Å². The molecule has 4 atom stereocenters. The molecule has 4 saturated carbocycles. The number of rotatable bonds is 5. The van der Waals surface area contributed by atoms with E-state index in [0.717, 1.165) is 74.7 Å². The van der Waals surface area contributed by atoms with E-state index in [4.69, 9.17) is 9.47 Å². The van der Waals surface area contributed by atoms with Crippen molar-refractivity contribution in [2.75, 3.05) is 7.11 Å². The molecule has 1 aromatic carbocycles. The number of carbonyl (C=O) groups is 1. The molecule has 4 unspecified atom stereocenters. The predicted molar refractivity (Wildman–Crippen MR) is 137 cm³/mol. The number of fused-ring (bicyclic) bond motifs is 2. The summed E-state index contributed by atoms with van der Waals surface area (Å²) in [7, 11) is 1.66. The van der Waals surface area contributed by atoms with Crippen molar-refractivity contribution in [3.8, 4) is 22.9 Å². The first kappa shape index (κ1) is 23.3. The smallest absolute Gasteiger partial charge is 0.318 e. The fraction of sp³-hybridized carbons (Fsp3) is 0.621. The van der Waals surface area contributed by atoms with Gasteiger partial charge in [-0.3, -0.25) is 0 Å². The Morgan fingerprint density at radius 1 is 0.973 bits per heavy atom. The fourth-order valence-corrected chi connectivity index (χ4v) is 8.45. The summed E-state index contributed by atoms with van der Waals surface area (Å²) >= 11 is 0. The molecular formula is C29H36N4O4. The lowest BCUT2D eigenvalue weighted by Crippen LogP contribution is -2.64. The summed E-state index contributed by atoms with van der Waals surface area (Å²) < 4.78 is 11.4. The van der Waals surface area contributed by atoms with Crippen LogP contribution in [-0.4, -0.2) is 62.9 Å². The molecule has 37 heavy (non-hydrogen) atoms. The summed E-state index contributed by atoms with van der Waals surface area (Å²) in [5.41, 5.74) is 1.48. The van der Waals surface area contributed by atoms with E-state index in [-0.39, 0.29) is 30.3 Å². The van der Waals surface area contributed by atoms with Gasteiger partial charge in [0.25, 0.3) is 0 Å². The standard InChI is InChI=1S/C29H36N4O4/c1-36-24-6-2-18(3-7-24)21-15-30-27(31-16-21)37-25-10-22-4-5-23(11-25)33(22)28(34)32-26-19-8-17-9-20(26)14-29(35,12-17)13-19/h2-3,6-7,15-17,19-20,22-23,25-26,35H,4-5,8-14H2,1H3,(H,32,34). The molecule has 3 heterocycles. The van der Waals surface area contributed by atoms with Crippen molar-refractivity contribution < 1.29 is 19.4 Å². The molecule has 8 nitrogen and oxygen atoms in total. The zero-order valence-electron chi connectivity index (χ0n) is 21.4. The summed E-state index contributed by atoms with van der Waals surface area (Å²) in [4.78, 5) is 24.5. The summed E-state index contributed by atoms with van der Waals surface area (Å²) in [5.74, 6) is 2.32. The van der Waals surface area contributed by atoms with Gasteiger partial charge in [0.2, 0.25) is 0 Å². The number of hydrogen-bond acceptors (Lipinski definition) is 6. The lowest BCUT2D eigenvalue weighted by molar-refractivity contribution is -0.137. The lowest BCUT2D eigenvalue weighted by atomic mass is 9.52. The molecule has 2 saturated heterocycles. The van der Waals surface area contributed by atoms with E-state index in [1.54, 1.807) is 19.5 Å². The molecule has 2 amide bonds. The van der Waals surface area contributed by atoms with Gasteiger partial charge in [0, 0.05) is 48.9 Å². The Morgan fingerprint density at radius 3 is 2.22 bits per heavy atom. The fourth-order valence-electron chi connectivity index (χ4n) is 8.45. The van der Waals surface area contributed by atoms with Gasteiger partial charge in [-0.25, -0.2) is 14.8 Å². The minimum atomic E-state index is -0.471. The van der Waals surface area contributed by atoms with Crippen molar-refractivity contribution >= 4 is 6.03 Å². The highest BCUT2D eigenvalue weighted by atomic mass is 16.5. The Balaban J connectivity index is 0.968. The molecule has 8 rings (SSSR count). The molecule has 4 aliphatic carbocycles. The highest BCUT2D eigenvalue weighted by molar-refractivity contribution is 5.76. The van der Waals surface area contributed by atoms with Crippen LogP contribution in [0.1, 0.15) is 57.8 Å². The van der Waals surface area contributed by atoms with Crippen LogP contribution in [-0.2, 0) is 0 Å². The molecule has 2 aliphatic heterocycles. The second-order valence-electron chi connectivity index (χ2n) is 12.2. The topological polar surface area (TPSA) is 96.8 Å². The van der Waals surface area contributed by atoms with Gasteiger partial charge in [-0.05, 0) is 80.4 Å². The quantitative estimate of drug-likeness (QED) is 0.634. The molecule has 1 aromatic heterocycles. The van der Waals surface area contributed by atoms with Crippen LogP contribution < -0.4 is 14.8 Å². The van der Waals surface area contributed by atoms with Gasteiger partial charge in [-0.1, -0.05) is 12.1 Å². The Kier molecular flexibility index (Phi) is 5.57. The zero-order valence-corrected chi connectivity index (χ0v) is 21.4. The third-order valence-electron chi connectivity index (χ3n) is 9.78. The molecule has 2 aromatic rings. The van der Waals surface area contributed by atoms with E-state index in [0.29, 0.717) is 23.8 Å². The molecule has 0 radical (unpaired) electrons. The van der Waals surface area contributed by atoms with Crippen LogP contribution in [0.2, 0.25) is 0 Å². The average molecular weight is 505 g/mol. The first-order chi connectivity index (χ1) is 18.0. The summed E-state index contributed by atoms with van der Waals surface area (Å²) in [6.07, 6.45) is 12.3. The number of urea groups is 1. The molecule has 2 N–H and O–H groups in total. The van der Waals surface area contributed by atoms with E-state index >= 15 is 0 Å². The van der Waals surface area contributed by atoms with Crippen LogP contribution in [0.4, 0.5) is 4.79 Å². The van der Waals surface area contributed by atoms with E-state index in [9.17, 15) is 9.90 Å². The number of methoxy groups -OCH3 is 1. The van der Waals surface area contributed by atoms with Gasteiger partial charge in [-0.2, -0.15) is 0 Å². The summed E-state index contributed by atoms with van der Waals surface area (Å²) in [6, 6.07) is 8.92.